The Morgan fingerprint density at radius 1 is 1.43 bits per heavy atom. The molecule has 0 aliphatic heterocycles. The smallest absolute Gasteiger partial charge is 0.412 e. The molecule has 1 amide bonds. The Bertz CT molecular complexity index is 528. The van der Waals surface area contributed by atoms with Gasteiger partial charge in [0.05, 0.1) is 10.7 Å². The van der Waals surface area contributed by atoms with Crippen molar-refractivity contribution in [3.63, 3.8) is 0 Å². The first-order chi connectivity index (χ1) is 9.76. The normalized spacial score (nSPS) is 17.0. The van der Waals surface area contributed by atoms with Crippen LogP contribution in [0.5, 0.6) is 0 Å². The van der Waals surface area contributed by atoms with Crippen LogP contribution >= 0.6 is 11.6 Å². The number of ether oxygens (including phenoxy) is 1. The first-order valence-corrected chi connectivity index (χ1v) is 7.64. The minimum Gasteiger partial charge on any atom is -0.444 e. The number of benzene rings is 1. The van der Waals surface area contributed by atoms with E-state index in [0.29, 0.717) is 17.3 Å². The number of anilines is 1. The zero-order valence-corrected chi connectivity index (χ0v) is 13.6. The third kappa shape index (κ3) is 3.69. The highest BCUT2D eigenvalue weighted by atomic mass is 35.5. The maximum Gasteiger partial charge on any atom is 0.412 e. The summed E-state index contributed by atoms with van der Waals surface area (Å²) in [6, 6.07) is 5.71. The minimum absolute atomic E-state index is 0.0367. The van der Waals surface area contributed by atoms with Crippen LogP contribution in [0.4, 0.5) is 10.5 Å². The van der Waals surface area contributed by atoms with Crippen LogP contribution < -0.4 is 11.1 Å². The maximum absolute atomic E-state index is 11.9. The molecule has 0 saturated heterocycles. The summed E-state index contributed by atoms with van der Waals surface area (Å²) >= 11 is 6.16. The number of hydrogen-bond acceptors (Lipinski definition) is 3. The molecule has 1 aromatic carbocycles. The molecule has 2 rings (SSSR count). The van der Waals surface area contributed by atoms with Gasteiger partial charge >= 0.3 is 6.09 Å². The number of rotatable bonds is 3. The molecule has 21 heavy (non-hydrogen) atoms. The van der Waals surface area contributed by atoms with Gasteiger partial charge in [0.1, 0.15) is 5.60 Å². The highest BCUT2D eigenvalue weighted by Crippen LogP contribution is 2.44. The van der Waals surface area contributed by atoms with Gasteiger partial charge in [-0.05, 0) is 51.3 Å². The van der Waals surface area contributed by atoms with Crippen LogP contribution in [-0.2, 0) is 10.2 Å². The van der Waals surface area contributed by atoms with Gasteiger partial charge in [-0.3, -0.25) is 5.32 Å². The van der Waals surface area contributed by atoms with E-state index in [9.17, 15) is 4.79 Å². The highest BCUT2D eigenvalue weighted by molar-refractivity contribution is 6.33. The van der Waals surface area contributed by atoms with Crippen LogP contribution in [0.25, 0.3) is 0 Å². The predicted molar refractivity (Wildman–Crippen MR) is 85.9 cm³/mol. The van der Waals surface area contributed by atoms with Gasteiger partial charge in [0.25, 0.3) is 0 Å². The number of carbonyl (C=O) groups excluding carboxylic acids is 1. The molecular weight excluding hydrogens is 288 g/mol. The van der Waals surface area contributed by atoms with Gasteiger partial charge in [-0.25, -0.2) is 4.79 Å². The monoisotopic (exact) mass is 310 g/mol. The summed E-state index contributed by atoms with van der Waals surface area (Å²) in [4.78, 5) is 11.9. The molecule has 1 aliphatic carbocycles. The first-order valence-electron chi connectivity index (χ1n) is 7.26. The lowest BCUT2D eigenvalue weighted by molar-refractivity contribution is 0.0636. The number of halogens is 1. The van der Waals surface area contributed by atoms with Gasteiger partial charge < -0.3 is 10.5 Å². The van der Waals surface area contributed by atoms with Gasteiger partial charge in [0.2, 0.25) is 0 Å². The SMILES string of the molecule is CC(C)(C)OC(=O)Nc1cc(C2(CN)CCC2)ccc1Cl. The fraction of sp³-hybridized carbons (Fsp3) is 0.562. The van der Waals surface area contributed by atoms with Crippen molar-refractivity contribution in [1.82, 2.24) is 0 Å². The summed E-state index contributed by atoms with van der Waals surface area (Å²) in [7, 11) is 0. The van der Waals surface area contributed by atoms with E-state index in [4.69, 9.17) is 22.1 Å². The Hall–Kier alpha value is -1.26. The number of hydrogen-bond donors (Lipinski definition) is 2. The van der Waals surface area contributed by atoms with Crippen LogP contribution in [0, 0.1) is 0 Å². The lowest BCUT2D eigenvalue weighted by Crippen LogP contribution is -2.41. The number of amides is 1. The summed E-state index contributed by atoms with van der Waals surface area (Å²) < 4.78 is 5.26. The molecule has 116 valence electrons. The standard InChI is InChI=1S/C16H23ClN2O2/c1-15(2,3)21-14(20)19-13-9-11(5-6-12(13)17)16(10-18)7-4-8-16/h5-6,9H,4,7-8,10,18H2,1-3H3,(H,19,20). The summed E-state index contributed by atoms with van der Waals surface area (Å²) in [6.45, 7) is 6.08. The van der Waals surface area contributed by atoms with Gasteiger partial charge in [-0.2, -0.15) is 0 Å². The molecule has 1 aliphatic rings. The van der Waals surface area contributed by atoms with Crippen molar-refractivity contribution in [2.75, 3.05) is 11.9 Å². The van der Waals surface area contributed by atoms with Crippen molar-refractivity contribution in [3.05, 3.63) is 28.8 Å². The quantitative estimate of drug-likeness (QED) is 0.884. The molecule has 0 radical (unpaired) electrons. The molecule has 5 heteroatoms. The second-order valence-corrected chi connectivity index (χ2v) is 7.07. The fourth-order valence-electron chi connectivity index (χ4n) is 2.58. The van der Waals surface area contributed by atoms with E-state index in [-0.39, 0.29) is 5.41 Å². The van der Waals surface area contributed by atoms with Crippen molar-refractivity contribution in [2.45, 2.75) is 51.0 Å². The second-order valence-electron chi connectivity index (χ2n) is 6.66. The van der Waals surface area contributed by atoms with Gasteiger partial charge in [-0.15, -0.1) is 0 Å². The van der Waals surface area contributed by atoms with Crippen molar-refractivity contribution in [1.29, 1.82) is 0 Å². The number of nitrogens with one attached hydrogen (secondary N) is 1. The first kappa shape index (κ1) is 16.1. The Balaban J connectivity index is 2.18. The van der Waals surface area contributed by atoms with Crippen LogP contribution in [0.1, 0.15) is 45.6 Å². The van der Waals surface area contributed by atoms with Crippen molar-refractivity contribution in [2.24, 2.45) is 5.73 Å². The molecule has 0 bridgehead atoms. The predicted octanol–water partition coefficient (Wildman–Crippen LogP) is 4.07. The summed E-state index contributed by atoms with van der Waals surface area (Å²) in [5.74, 6) is 0. The van der Waals surface area contributed by atoms with Crippen LogP contribution in [0.15, 0.2) is 18.2 Å². The van der Waals surface area contributed by atoms with Gasteiger partial charge in [-0.1, -0.05) is 24.1 Å². The van der Waals surface area contributed by atoms with Crippen LogP contribution in [0.3, 0.4) is 0 Å². The van der Waals surface area contributed by atoms with Crippen molar-refractivity contribution in [3.8, 4) is 0 Å². The Morgan fingerprint density at radius 2 is 2.10 bits per heavy atom. The van der Waals surface area contributed by atoms with Gasteiger partial charge in [0, 0.05) is 12.0 Å². The van der Waals surface area contributed by atoms with E-state index in [1.165, 1.54) is 6.42 Å². The number of nitrogens with two attached hydrogens (primary N) is 1. The largest absolute Gasteiger partial charge is 0.444 e. The minimum atomic E-state index is -0.541. The van der Waals surface area contributed by atoms with Crippen molar-refractivity contribution < 1.29 is 9.53 Å². The molecule has 1 fully saturated rings. The third-order valence-electron chi connectivity index (χ3n) is 3.92. The molecule has 0 atom stereocenters. The van der Waals surface area contributed by atoms with Crippen LogP contribution in [-0.4, -0.2) is 18.2 Å². The zero-order valence-electron chi connectivity index (χ0n) is 12.8. The molecule has 1 aromatic rings. The Labute approximate surface area is 131 Å². The Morgan fingerprint density at radius 3 is 2.57 bits per heavy atom. The average Bonchev–Trinajstić information content (AvgIpc) is 2.30. The summed E-state index contributed by atoms with van der Waals surface area (Å²) in [5.41, 5.74) is 7.13. The van der Waals surface area contributed by atoms with Crippen molar-refractivity contribution >= 4 is 23.4 Å². The lowest BCUT2D eigenvalue weighted by Gasteiger charge is -2.41. The van der Waals surface area contributed by atoms with E-state index in [1.807, 2.05) is 32.9 Å². The van der Waals surface area contributed by atoms with E-state index in [2.05, 4.69) is 5.32 Å². The van der Waals surface area contributed by atoms with E-state index >= 15 is 0 Å². The molecular formula is C16H23ClN2O2. The second kappa shape index (κ2) is 5.85. The topological polar surface area (TPSA) is 64.3 Å². The molecule has 0 unspecified atom stereocenters. The van der Waals surface area contributed by atoms with Crippen LogP contribution in [0.2, 0.25) is 5.02 Å². The molecule has 3 N–H and O–H groups in total. The summed E-state index contributed by atoms with van der Waals surface area (Å²) in [5, 5.41) is 3.21. The molecule has 0 spiro atoms. The number of carbonyl (C=O) groups is 1. The van der Waals surface area contributed by atoms with Gasteiger partial charge in [0.15, 0.2) is 0 Å². The van der Waals surface area contributed by atoms with E-state index in [1.54, 1.807) is 6.07 Å². The highest BCUT2D eigenvalue weighted by Gasteiger charge is 2.37. The molecule has 0 heterocycles. The average molecular weight is 311 g/mol. The lowest BCUT2D eigenvalue weighted by atomic mass is 9.64. The molecule has 4 nitrogen and oxygen atoms in total. The summed E-state index contributed by atoms with van der Waals surface area (Å²) in [6.07, 6.45) is 2.85. The molecule has 0 aromatic heterocycles. The molecule has 1 saturated carbocycles. The Kier molecular flexibility index (Phi) is 4.49. The third-order valence-corrected chi connectivity index (χ3v) is 4.25. The van der Waals surface area contributed by atoms with E-state index in [0.717, 1.165) is 18.4 Å². The fourth-order valence-corrected chi connectivity index (χ4v) is 2.74. The van der Waals surface area contributed by atoms with E-state index < -0.39 is 11.7 Å². The zero-order chi connectivity index (χ0) is 15.7. The maximum atomic E-state index is 11.9.